The van der Waals surface area contributed by atoms with E-state index in [0.717, 1.165) is 30.1 Å². The van der Waals surface area contributed by atoms with Crippen LogP contribution in [0.4, 0.5) is 5.69 Å². The molecule has 1 aliphatic rings. The van der Waals surface area contributed by atoms with E-state index in [4.69, 9.17) is 11.6 Å². The minimum Gasteiger partial charge on any atom is -0.325 e. The maximum atomic E-state index is 12.2. The quantitative estimate of drug-likeness (QED) is 0.822. The first-order valence-electron chi connectivity index (χ1n) is 6.54. The SMILES string of the molecule is CC(C)Sc1ccc(Cl)cc1NC(=O)C1CCNC1.Cl. The van der Waals surface area contributed by atoms with Gasteiger partial charge in [-0.25, -0.2) is 0 Å². The van der Waals surface area contributed by atoms with E-state index in [-0.39, 0.29) is 24.2 Å². The van der Waals surface area contributed by atoms with E-state index in [1.54, 1.807) is 11.8 Å². The normalized spacial score (nSPS) is 17.9. The Morgan fingerprint density at radius 2 is 2.25 bits per heavy atom. The van der Waals surface area contributed by atoms with E-state index >= 15 is 0 Å². The van der Waals surface area contributed by atoms with Gasteiger partial charge in [0.25, 0.3) is 0 Å². The lowest BCUT2D eigenvalue weighted by molar-refractivity contribution is -0.119. The summed E-state index contributed by atoms with van der Waals surface area (Å²) >= 11 is 7.75. The van der Waals surface area contributed by atoms with Crippen LogP contribution in [-0.2, 0) is 4.79 Å². The summed E-state index contributed by atoms with van der Waals surface area (Å²) in [7, 11) is 0. The molecule has 0 radical (unpaired) electrons. The molecule has 1 atom stereocenters. The fourth-order valence-corrected chi connectivity index (χ4v) is 3.13. The predicted octanol–water partition coefficient (Wildman–Crippen LogP) is 3.81. The Kier molecular flexibility index (Phi) is 7.17. The van der Waals surface area contributed by atoms with Gasteiger partial charge < -0.3 is 10.6 Å². The number of amides is 1. The lowest BCUT2D eigenvalue weighted by Gasteiger charge is -2.15. The standard InChI is InChI=1S/C14H19ClN2OS.ClH/c1-9(2)19-13-4-3-11(15)7-12(13)17-14(18)10-5-6-16-8-10;/h3-4,7,9-10,16H,5-6,8H2,1-2H3,(H,17,18);1H. The number of benzene rings is 1. The Morgan fingerprint density at radius 3 is 2.85 bits per heavy atom. The highest BCUT2D eigenvalue weighted by atomic mass is 35.5. The Labute approximate surface area is 135 Å². The van der Waals surface area contributed by atoms with Crippen molar-refractivity contribution >= 4 is 47.4 Å². The number of halogens is 2. The van der Waals surface area contributed by atoms with Crippen LogP contribution >= 0.6 is 35.8 Å². The van der Waals surface area contributed by atoms with Crippen molar-refractivity contribution in [1.82, 2.24) is 5.32 Å². The van der Waals surface area contributed by atoms with Crippen LogP contribution in [0.25, 0.3) is 0 Å². The molecule has 20 heavy (non-hydrogen) atoms. The molecule has 0 aliphatic carbocycles. The van der Waals surface area contributed by atoms with Crippen LogP contribution in [0.3, 0.4) is 0 Å². The van der Waals surface area contributed by atoms with Gasteiger partial charge in [0.2, 0.25) is 5.91 Å². The van der Waals surface area contributed by atoms with Crippen LogP contribution in [0.5, 0.6) is 0 Å². The third kappa shape index (κ3) is 4.85. The number of hydrogen-bond acceptors (Lipinski definition) is 3. The van der Waals surface area contributed by atoms with Crippen molar-refractivity contribution in [3.63, 3.8) is 0 Å². The number of thioether (sulfide) groups is 1. The van der Waals surface area contributed by atoms with E-state index in [0.29, 0.717) is 10.3 Å². The minimum atomic E-state index is 0. The van der Waals surface area contributed by atoms with Gasteiger partial charge in [0, 0.05) is 21.7 Å². The highest BCUT2D eigenvalue weighted by Crippen LogP contribution is 2.33. The van der Waals surface area contributed by atoms with Crippen LogP contribution in [0.2, 0.25) is 5.02 Å². The van der Waals surface area contributed by atoms with E-state index in [9.17, 15) is 4.79 Å². The summed E-state index contributed by atoms with van der Waals surface area (Å²) in [6.45, 7) is 5.94. The van der Waals surface area contributed by atoms with Gasteiger partial charge in [-0.15, -0.1) is 24.2 Å². The molecule has 2 rings (SSSR count). The summed E-state index contributed by atoms with van der Waals surface area (Å²) in [6.07, 6.45) is 0.902. The van der Waals surface area contributed by atoms with Crippen molar-refractivity contribution in [1.29, 1.82) is 0 Å². The number of anilines is 1. The van der Waals surface area contributed by atoms with Crippen molar-refractivity contribution in [2.75, 3.05) is 18.4 Å². The average Bonchev–Trinajstić information content (AvgIpc) is 2.86. The summed E-state index contributed by atoms with van der Waals surface area (Å²) in [5.74, 6) is 0.147. The molecule has 6 heteroatoms. The Bertz CT molecular complexity index is 462. The van der Waals surface area contributed by atoms with Crippen molar-refractivity contribution in [3.05, 3.63) is 23.2 Å². The van der Waals surface area contributed by atoms with Gasteiger partial charge >= 0.3 is 0 Å². The summed E-state index contributed by atoms with van der Waals surface area (Å²) in [5, 5.41) is 7.33. The molecule has 3 nitrogen and oxygen atoms in total. The fourth-order valence-electron chi connectivity index (χ4n) is 2.07. The van der Waals surface area contributed by atoms with Crippen LogP contribution in [0.15, 0.2) is 23.1 Å². The smallest absolute Gasteiger partial charge is 0.228 e. The van der Waals surface area contributed by atoms with Gasteiger partial charge in [-0.3, -0.25) is 4.79 Å². The average molecular weight is 335 g/mol. The first-order chi connectivity index (χ1) is 9.06. The number of nitrogens with one attached hydrogen (secondary N) is 2. The molecule has 0 saturated carbocycles. The highest BCUT2D eigenvalue weighted by Gasteiger charge is 2.23. The van der Waals surface area contributed by atoms with Crippen molar-refractivity contribution < 1.29 is 4.79 Å². The summed E-state index contributed by atoms with van der Waals surface area (Å²) < 4.78 is 0. The van der Waals surface area contributed by atoms with Gasteiger partial charge in [0.15, 0.2) is 0 Å². The monoisotopic (exact) mass is 334 g/mol. The summed E-state index contributed by atoms with van der Waals surface area (Å²) in [5.41, 5.74) is 0.822. The fraction of sp³-hybridized carbons (Fsp3) is 0.500. The molecule has 2 N–H and O–H groups in total. The molecule has 112 valence electrons. The largest absolute Gasteiger partial charge is 0.325 e. The molecule has 1 aromatic carbocycles. The van der Waals surface area contributed by atoms with E-state index in [1.165, 1.54) is 0 Å². The van der Waals surface area contributed by atoms with Crippen LogP contribution in [0, 0.1) is 5.92 Å². The zero-order valence-corrected chi connectivity index (χ0v) is 14.0. The molecule has 1 amide bonds. The molecule has 0 aromatic heterocycles. The third-order valence-corrected chi connectivity index (χ3v) is 4.31. The van der Waals surface area contributed by atoms with Crippen molar-refractivity contribution in [2.24, 2.45) is 5.92 Å². The number of carbonyl (C=O) groups is 1. The van der Waals surface area contributed by atoms with Gasteiger partial charge in [-0.2, -0.15) is 0 Å². The highest BCUT2D eigenvalue weighted by molar-refractivity contribution is 8.00. The van der Waals surface area contributed by atoms with Crippen LogP contribution in [0.1, 0.15) is 20.3 Å². The second-order valence-corrected chi connectivity index (χ2v) is 7.04. The lowest BCUT2D eigenvalue weighted by Crippen LogP contribution is -2.24. The van der Waals surface area contributed by atoms with Gasteiger partial charge in [-0.05, 0) is 31.2 Å². The molecule has 1 fully saturated rings. The van der Waals surface area contributed by atoms with E-state index in [2.05, 4.69) is 24.5 Å². The third-order valence-electron chi connectivity index (χ3n) is 2.99. The molecule has 1 unspecified atom stereocenters. The zero-order valence-electron chi connectivity index (χ0n) is 11.6. The minimum absolute atomic E-state index is 0. The summed E-state index contributed by atoms with van der Waals surface area (Å²) in [6, 6.07) is 5.65. The molecule has 0 spiro atoms. The maximum absolute atomic E-state index is 12.2. The first-order valence-corrected chi connectivity index (χ1v) is 7.80. The molecular weight excluding hydrogens is 315 g/mol. The van der Waals surface area contributed by atoms with Gasteiger partial charge in [0.05, 0.1) is 11.6 Å². The molecule has 1 aliphatic heterocycles. The van der Waals surface area contributed by atoms with Gasteiger partial charge in [-0.1, -0.05) is 25.4 Å². The topological polar surface area (TPSA) is 41.1 Å². The van der Waals surface area contributed by atoms with E-state index in [1.807, 2.05) is 18.2 Å². The van der Waals surface area contributed by atoms with Crippen LogP contribution < -0.4 is 10.6 Å². The summed E-state index contributed by atoms with van der Waals surface area (Å²) in [4.78, 5) is 13.2. The van der Waals surface area contributed by atoms with Crippen molar-refractivity contribution in [3.8, 4) is 0 Å². The number of hydrogen-bond donors (Lipinski definition) is 2. The molecule has 1 aromatic rings. The molecule has 1 heterocycles. The maximum Gasteiger partial charge on any atom is 0.228 e. The Balaban J connectivity index is 0.00000200. The van der Waals surface area contributed by atoms with E-state index < -0.39 is 0 Å². The zero-order chi connectivity index (χ0) is 13.8. The number of carbonyl (C=O) groups excluding carboxylic acids is 1. The second-order valence-electron chi connectivity index (χ2n) is 4.99. The predicted molar refractivity (Wildman–Crippen MR) is 89.3 cm³/mol. The Hall–Kier alpha value is -0.420. The van der Waals surface area contributed by atoms with Crippen molar-refractivity contribution in [2.45, 2.75) is 30.4 Å². The Morgan fingerprint density at radius 1 is 1.50 bits per heavy atom. The number of rotatable bonds is 4. The second kappa shape index (κ2) is 8.13. The molecular formula is C14H20Cl2N2OS. The lowest BCUT2D eigenvalue weighted by atomic mass is 10.1. The molecule has 1 saturated heterocycles. The molecule has 0 bridgehead atoms. The van der Waals surface area contributed by atoms with Crippen LogP contribution in [-0.4, -0.2) is 24.2 Å². The van der Waals surface area contributed by atoms with Gasteiger partial charge in [0.1, 0.15) is 0 Å². The first kappa shape index (κ1) is 17.6.